The molecule has 0 heterocycles. The van der Waals surface area contributed by atoms with Gasteiger partial charge in [0, 0.05) is 18.2 Å². The van der Waals surface area contributed by atoms with Gasteiger partial charge in [-0.25, -0.2) is 4.39 Å². The highest BCUT2D eigenvalue weighted by Crippen LogP contribution is 2.40. The first-order valence-electron chi connectivity index (χ1n) is 7.70. The Morgan fingerprint density at radius 3 is 2.68 bits per heavy atom. The van der Waals surface area contributed by atoms with Gasteiger partial charge in [0.15, 0.2) is 0 Å². The quantitative estimate of drug-likeness (QED) is 0.791. The maximum absolute atomic E-state index is 13.6. The molecule has 0 atom stereocenters. The number of aliphatic imine (C=N–C) groups is 1. The van der Waals surface area contributed by atoms with Gasteiger partial charge in [0.25, 0.3) is 0 Å². The molecule has 0 radical (unpaired) electrons. The summed E-state index contributed by atoms with van der Waals surface area (Å²) < 4.78 is 13.6. The van der Waals surface area contributed by atoms with Crippen LogP contribution in [0.25, 0.3) is 5.57 Å². The van der Waals surface area contributed by atoms with Crippen molar-refractivity contribution < 1.29 is 14.3 Å². The molecule has 0 amide bonds. The third kappa shape index (κ3) is 4.03. The summed E-state index contributed by atoms with van der Waals surface area (Å²) in [6.45, 7) is 5.99. The molecule has 4 heteroatoms. The Morgan fingerprint density at radius 2 is 2.09 bits per heavy atom. The van der Waals surface area contributed by atoms with Crippen molar-refractivity contribution in [1.29, 1.82) is 0 Å². The summed E-state index contributed by atoms with van der Waals surface area (Å²) in [6, 6.07) is 4.57. The van der Waals surface area contributed by atoms with Crippen LogP contribution in [0.15, 0.2) is 29.8 Å². The molecule has 0 aliphatic heterocycles. The van der Waals surface area contributed by atoms with Crippen LogP contribution in [0, 0.1) is 17.7 Å². The van der Waals surface area contributed by atoms with Crippen molar-refractivity contribution in [3.8, 4) is 0 Å². The summed E-state index contributed by atoms with van der Waals surface area (Å²) in [7, 11) is 0. The Kier molecular flexibility index (Phi) is 5.47. The number of carbonyl (C=O) groups is 1. The van der Waals surface area contributed by atoms with Gasteiger partial charge in [-0.15, -0.1) is 0 Å². The van der Waals surface area contributed by atoms with Crippen molar-refractivity contribution in [3.05, 3.63) is 36.2 Å². The third-order valence-corrected chi connectivity index (χ3v) is 4.38. The highest BCUT2D eigenvalue weighted by atomic mass is 19.1. The average molecular weight is 303 g/mol. The zero-order chi connectivity index (χ0) is 16.1. The van der Waals surface area contributed by atoms with E-state index in [0.717, 1.165) is 42.5 Å². The summed E-state index contributed by atoms with van der Waals surface area (Å²) in [4.78, 5) is 15.1. The topological polar surface area (TPSA) is 49.7 Å². The zero-order valence-electron chi connectivity index (χ0n) is 12.9. The molecule has 22 heavy (non-hydrogen) atoms. The van der Waals surface area contributed by atoms with E-state index >= 15 is 0 Å². The SMILES string of the molecule is C=C(c1cc(F)ccc1/N=C\C)[C@H]1CC[C@@H](CC(=O)O)CC1. The van der Waals surface area contributed by atoms with E-state index in [1.54, 1.807) is 12.3 Å². The van der Waals surface area contributed by atoms with Gasteiger partial charge < -0.3 is 5.11 Å². The Bertz CT molecular complexity index is 587. The van der Waals surface area contributed by atoms with Crippen LogP contribution in [0.4, 0.5) is 10.1 Å². The molecule has 1 fully saturated rings. The first-order valence-corrected chi connectivity index (χ1v) is 7.70. The maximum atomic E-state index is 13.6. The van der Waals surface area contributed by atoms with Crippen molar-refractivity contribution in [2.24, 2.45) is 16.8 Å². The first-order chi connectivity index (χ1) is 10.5. The number of benzene rings is 1. The standard InChI is InChI=1S/C18H22FNO2/c1-3-20-17-9-8-15(19)11-16(17)12(2)14-6-4-13(5-7-14)10-18(21)22/h3,8-9,11,13-14H,2,4-7,10H2,1H3,(H,21,22)/b20-3-/t13-,14+. The number of carboxylic acid groups (broad SMARTS) is 1. The Labute approximate surface area is 130 Å². The molecule has 1 aromatic rings. The zero-order valence-corrected chi connectivity index (χ0v) is 12.9. The van der Waals surface area contributed by atoms with Gasteiger partial charge >= 0.3 is 5.97 Å². The van der Waals surface area contributed by atoms with Crippen molar-refractivity contribution in [2.45, 2.75) is 39.0 Å². The van der Waals surface area contributed by atoms with Crippen molar-refractivity contribution in [2.75, 3.05) is 0 Å². The maximum Gasteiger partial charge on any atom is 0.303 e. The normalized spacial score (nSPS) is 21.9. The smallest absolute Gasteiger partial charge is 0.303 e. The van der Waals surface area contributed by atoms with Crippen LogP contribution in [-0.4, -0.2) is 17.3 Å². The Hall–Kier alpha value is -1.97. The highest BCUT2D eigenvalue weighted by Gasteiger charge is 2.26. The molecule has 0 saturated heterocycles. The molecular weight excluding hydrogens is 281 g/mol. The lowest BCUT2D eigenvalue weighted by molar-refractivity contribution is -0.138. The van der Waals surface area contributed by atoms with Gasteiger partial charge in [0.1, 0.15) is 5.82 Å². The van der Waals surface area contributed by atoms with Gasteiger partial charge in [-0.1, -0.05) is 6.58 Å². The molecule has 0 unspecified atom stereocenters. The number of rotatable bonds is 5. The van der Waals surface area contributed by atoms with Crippen molar-refractivity contribution in [3.63, 3.8) is 0 Å². The third-order valence-electron chi connectivity index (χ3n) is 4.38. The van der Waals surface area contributed by atoms with Crippen LogP contribution in [0.5, 0.6) is 0 Å². The van der Waals surface area contributed by atoms with Gasteiger partial charge in [-0.3, -0.25) is 9.79 Å². The van der Waals surface area contributed by atoms with Crippen LogP contribution >= 0.6 is 0 Å². The summed E-state index contributed by atoms with van der Waals surface area (Å²) in [6.07, 6.45) is 5.51. The second kappa shape index (κ2) is 7.34. The van der Waals surface area contributed by atoms with Crippen LogP contribution in [0.3, 0.4) is 0 Å². The molecule has 1 aliphatic rings. The van der Waals surface area contributed by atoms with Crippen molar-refractivity contribution in [1.82, 2.24) is 0 Å². The molecule has 1 saturated carbocycles. The summed E-state index contributed by atoms with van der Waals surface area (Å²) in [5.74, 6) is -0.488. The molecular formula is C18H22FNO2. The summed E-state index contributed by atoms with van der Waals surface area (Å²) in [5, 5.41) is 8.87. The molecule has 0 aromatic heterocycles. The average Bonchev–Trinajstić information content (AvgIpc) is 2.49. The van der Waals surface area contributed by atoms with E-state index in [9.17, 15) is 9.18 Å². The predicted molar refractivity (Wildman–Crippen MR) is 87.0 cm³/mol. The molecule has 1 aromatic carbocycles. The van der Waals surface area contributed by atoms with E-state index < -0.39 is 5.97 Å². The Balaban J connectivity index is 2.10. The van der Waals surface area contributed by atoms with E-state index in [4.69, 9.17) is 5.11 Å². The highest BCUT2D eigenvalue weighted by molar-refractivity contribution is 5.77. The fourth-order valence-electron chi connectivity index (χ4n) is 3.20. The minimum Gasteiger partial charge on any atom is -0.481 e. The summed E-state index contributed by atoms with van der Waals surface area (Å²) >= 11 is 0. The number of hydrogen-bond donors (Lipinski definition) is 1. The van der Waals surface area contributed by atoms with E-state index in [0.29, 0.717) is 0 Å². The van der Waals surface area contributed by atoms with E-state index in [2.05, 4.69) is 11.6 Å². The molecule has 0 bridgehead atoms. The lowest BCUT2D eigenvalue weighted by Gasteiger charge is -2.29. The minimum absolute atomic E-state index is 0.241. The van der Waals surface area contributed by atoms with E-state index in [-0.39, 0.29) is 24.1 Å². The Morgan fingerprint density at radius 1 is 1.41 bits per heavy atom. The van der Waals surface area contributed by atoms with Crippen LogP contribution in [0.2, 0.25) is 0 Å². The minimum atomic E-state index is -0.730. The van der Waals surface area contributed by atoms with Gasteiger partial charge in [-0.05, 0) is 68.2 Å². The number of halogens is 1. The number of nitrogens with zero attached hydrogens (tertiary/aromatic N) is 1. The van der Waals surface area contributed by atoms with Crippen molar-refractivity contribution >= 4 is 23.4 Å². The van der Waals surface area contributed by atoms with Crippen LogP contribution < -0.4 is 0 Å². The molecule has 118 valence electrons. The first kappa shape index (κ1) is 16.4. The number of allylic oxidation sites excluding steroid dienone is 1. The second-order valence-corrected chi connectivity index (χ2v) is 5.89. The number of hydrogen-bond acceptors (Lipinski definition) is 2. The lowest BCUT2D eigenvalue weighted by Crippen LogP contribution is -2.18. The number of aliphatic carboxylic acids is 1. The monoisotopic (exact) mass is 303 g/mol. The fraction of sp³-hybridized carbons (Fsp3) is 0.444. The van der Waals surface area contributed by atoms with Crippen LogP contribution in [-0.2, 0) is 4.79 Å². The largest absolute Gasteiger partial charge is 0.481 e. The van der Waals surface area contributed by atoms with Gasteiger partial charge in [0.05, 0.1) is 5.69 Å². The molecule has 1 N–H and O–H groups in total. The van der Waals surface area contributed by atoms with E-state index in [1.165, 1.54) is 12.1 Å². The molecule has 3 nitrogen and oxygen atoms in total. The lowest BCUT2D eigenvalue weighted by atomic mass is 9.76. The number of carboxylic acids is 1. The predicted octanol–water partition coefficient (Wildman–Crippen LogP) is 4.84. The fourth-order valence-corrected chi connectivity index (χ4v) is 3.20. The van der Waals surface area contributed by atoms with Gasteiger partial charge in [0.2, 0.25) is 0 Å². The molecule has 0 spiro atoms. The van der Waals surface area contributed by atoms with Crippen LogP contribution in [0.1, 0.15) is 44.6 Å². The molecule has 1 aliphatic carbocycles. The molecule has 2 rings (SSSR count). The van der Waals surface area contributed by atoms with Gasteiger partial charge in [-0.2, -0.15) is 0 Å². The summed E-state index contributed by atoms with van der Waals surface area (Å²) in [5.41, 5.74) is 2.41. The van der Waals surface area contributed by atoms with E-state index in [1.807, 2.05) is 6.92 Å². The second-order valence-electron chi connectivity index (χ2n) is 5.89.